The van der Waals surface area contributed by atoms with Gasteiger partial charge in [0.05, 0.1) is 11.8 Å². The van der Waals surface area contributed by atoms with Crippen LogP contribution in [0.1, 0.15) is 60.6 Å². The maximum Gasteiger partial charge on any atom is 0.291 e. The first-order valence-corrected chi connectivity index (χ1v) is 10.9. The van der Waals surface area contributed by atoms with E-state index in [4.69, 9.17) is 10.2 Å². The summed E-state index contributed by atoms with van der Waals surface area (Å²) in [7, 11) is 0. The summed E-state index contributed by atoms with van der Waals surface area (Å²) >= 11 is 1.42. The highest BCUT2D eigenvalue weighted by Gasteiger charge is 2.27. The zero-order valence-electron chi connectivity index (χ0n) is 17.3. The molecule has 3 aromatic rings. The Morgan fingerprint density at radius 1 is 1.16 bits per heavy atom. The van der Waals surface area contributed by atoms with E-state index in [9.17, 15) is 14.4 Å². The number of nitrogens with two attached hydrogens (primary N) is 1. The van der Waals surface area contributed by atoms with Gasteiger partial charge in [0, 0.05) is 16.1 Å². The number of fused-ring (bicyclic) bond motifs is 1. The van der Waals surface area contributed by atoms with Crippen LogP contribution in [0.2, 0.25) is 0 Å². The molecule has 7 nitrogen and oxygen atoms in total. The number of carbonyl (C=O) groups excluding carboxylic acids is 3. The minimum absolute atomic E-state index is 0.179. The average Bonchev–Trinajstić information content (AvgIpc) is 3.37. The van der Waals surface area contributed by atoms with Crippen LogP contribution in [0.4, 0.5) is 10.7 Å². The smallest absolute Gasteiger partial charge is 0.291 e. The molecule has 0 spiro atoms. The molecule has 0 radical (unpaired) electrons. The van der Waals surface area contributed by atoms with E-state index in [-0.39, 0.29) is 11.7 Å². The van der Waals surface area contributed by atoms with Crippen LogP contribution in [0, 0.1) is 12.8 Å². The third kappa shape index (κ3) is 4.25. The number of furan rings is 1. The Balaban J connectivity index is 1.58. The van der Waals surface area contributed by atoms with Crippen molar-refractivity contribution in [3.63, 3.8) is 0 Å². The molecule has 0 saturated heterocycles. The number of anilines is 2. The van der Waals surface area contributed by atoms with E-state index in [0.29, 0.717) is 27.7 Å². The van der Waals surface area contributed by atoms with Gasteiger partial charge in [0.25, 0.3) is 17.7 Å². The Hall–Kier alpha value is -3.39. The number of nitrogens with one attached hydrogen (secondary N) is 2. The summed E-state index contributed by atoms with van der Waals surface area (Å²) in [5.41, 5.74) is 8.67. The van der Waals surface area contributed by atoms with Gasteiger partial charge in [-0.2, -0.15) is 0 Å². The first kappa shape index (κ1) is 20.9. The second-order valence-corrected chi connectivity index (χ2v) is 8.94. The molecule has 2 aromatic heterocycles. The van der Waals surface area contributed by atoms with Crippen molar-refractivity contribution in [3.05, 3.63) is 69.5 Å². The molecule has 1 aliphatic carbocycles. The molecule has 0 saturated carbocycles. The van der Waals surface area contributed by atoms with Crippen molar-refractivity contribution in [2.75, 3.05) is 10.6 Å². The lowest BCUT2D eigenvalue weighted by Crippen LogP contribution is -2.19. The zero-order chi connectivity index (χ0) is 22.1. The molecule has 4 rings (SSSR count). The van der Waals surface area contributed by atoms with Crippen LogP contribution in [0.5, 0.6) is 0 Å². The van der Waals surface area contributed by atoms with Crippen molar-refractivity contribution in [3.8, 4) is 0 Å². The maximum atomic E-state index is 13.0. The third-order valence-electron chi connectivity index (χ3n) is 5.48. The number of carbonyl (C=O) groups is 3. The lowest BCUT2D eigenvalue weighted by Gasteiger charge is -2.18. The van der Waals surface area contributed by atoms with Gasteiger partial charge in [-0.3, -0.25) is 14.4 Å². The molecule has 0 bridgehead atoms. The molecule has 1 aliphatic rings. The van der Waals surface area contributed by atoms with Crippen molar-refractivity contribution in [1.29, 1.82) is 0 Å². The molecule has 160 valence electrons. The van der Waals surface area contributed by atoms with Gasteiger partial charge >= 0.3 is 0 Å². The molecule has 0 fully saturated rings. The molecule has 0 unspecified atom stereocenters. The van der Waals surface area contributed by atoms with E-state index in [0.717, 1.165) is 35.3 Å². The Kier molecular flexibility index (Phi) is 5.65. The van der Waals surface area contributed by atoms with Crippen molar-refractivity contribution in [1.82, 2.24) is 0 Å². The van der Waals surface area contributed by atoms with Crippen LogP contribution in [0.3, 0.4) is 0 Å². The molecule has 1 atom stereocenters. The van der Waals surface area contributed by atoms with Gasteiger partial charge in [0.15, 0.2) is 5.76 Å². The van der Waals surface area contributed by atoms with Gasteiger partial charge in [-0.05, 0) is 67.5 Å². The molecule has 4 N–H and O–H groups in total. The number of hydrogen-bond donors (Lipinski definition) is 3. The monoisotopic (exact) mass is 437 g/mol. The highest BCUT2D eigenvalue weighted by atomic mass is 32.1. The van der Waals surface area contributed by atoms with Crippen LogP contribution in [0.15, 0.2) is 41.0 Å². The number of aryl methyl sites for hydroxylation is 1. The van der Waals surface area contributed by atoms with Gasteiger partial charge in [-0.1, -0.05) is 13.0 Å². The number of thiophene rings is 1. The standard InChI is InChI=1S/C23H23N3O4S/c1-12-5-8-15-18(10-12)31-23(19(15)20(24)27)26-21(28)14-7-6-13(2)16(11-14)25-22(29)17-4-3-9-30-17/h3-4,6-7,9,11-12H,5,8,10H2,1-2H3,(H2,24,27)(H,25,29)(H,26,28)/t12-/m0/s1. The summed E-state index contributed by atoms with van der Waals surface area (Å²) in [5, 5.41) is 6.10. The Morgan fingerprint density at radius 2 is 1.97 bits per heavy atom. The number of amides is 3. The van der Waals surface area contributed by atoms with E-state index in [1.165, 1.54) is 17.6 Å². The molecule has 2 heterocycles. The maximum absolute atomic E-state index is 13.0. The predicted molar refractivity (Wildman–Crippen MR) is 120 cm³/mol. The fourth-order valence-electron chi connectivity index (χ4n) is 3.76. The molecule has 8 heteroatoms. The minimum atomic E-state index is -0.530. The van der Waals surface area contributed by atoms with Crippen molar-refractivity contribution < 1.29 is 18.8 Å². The Bertz CT molecular complexity index is 1160. The molecule has 0 aliphatic heterocycles. The van der Waals surface area contributed by atoms with Crippen LogP contribution >= 0.6 is 11.3 Å². The second kappa shape index (κ2) is 8.39. The SMILES string of the molecule is Cc1ccc(C(=O)Nc2sc3c(c2C(N)=O)CC[C@H](C)C3)cc1NC(=O)c1ccco1. The summed E-state index contributed by atoms with van der Waals surface area (Å²) in [6.45, 7) is 4.01. The highest BCUT2D eigenvalue weighted by molar-refractivity contribution is 7.17. The largest absolute Gasteiger partial charge is 0.459 e. The minimum Gasteiger partial charge on any atom is -0.459 e. The Morgan fingerprint density at radius 3 is 2.68 bits per heavy atom. The van der Waals surface area contributed by atoms with E-state index in [1.54, 1.807) is 30.3 Å². The van der Waals surface area contributed by atoms with E-state index in [1.807, 2.05) is 6.92 Å². The van der Waals surface area contributed by atoms with Crippen LogP contribution in [0.25, 0.3) is 0 Å². The summed E-state index contributed by atoms with van der Waals surface area (Å²) in [4.78, 5) is 38.5. The summed E-state index contributed by atoms with van der Waals surface area (Å²) in [6, 6.07) is 8.22. The lowest BCUT2D eigenvalue weighted by atomic mass is 9.88. The van der Waals surface area contributed by atoms with Gasteiger partial charge in [0.2, 0.25) is 0 Å². The van der Waals surface area contributed by atoms with Crippen LogP contribution < -0.4 is 16.4 Å². The quantitative estimate of drug-likeness (QED) is 0.549. The molecular formula is C23H23N3O4S. The van der Waals surface area contributed by atoms with Gasteiger partial charge in [-0.25, -0.2) is 0 Å². The molecule has 3 amide bonds. The molecule has 31 heavy (non-hydrogen) atoms. The average molecular weight is 438 g/mol. The Labute approximate surface area is 183 Å². The van der Waals surface area contributed by atoms with Crippen molar-refractivity contribution in [2.24, 2.45) is 11.7 Å². The lowest BCUT2D eigenvalue weighted by molar-refractivity contribution is 0.0988. The first-order valence-electron chi connectivity index (χ1n) is 10.0. The summed E-state index contributed by atoms with van der Waals surface area (Å²) < 4.78 is 5.11. The van der Waals surface area contributed by atoms with Gasteiger partial charge in [0.1, 0.15) is 5.00 Å². The zero-order valence-corrected chi connectivity index (χ0v) is 18.1. The van der Waals surface area contributed by atoms with Gasteiger partial charge in [-0.15, -0.1) is 11.3 Å². The number of rotatable bonds is 5. The highest BCUT2D eigenvalue weighted by Crippen LogP contribution is 2.39. The fourth-order valence-corrected chi connectivity index (χ4v) is 5.18. The topological polar surface area (TPSA) is 114 Å². The van der Waals surface area contributed by atoms with Gasteiger partial charge < -0.3 is 20.8 Å². The fraction of sp³-hybridized carbons (Fsp3) is 0.261. The number of hydrogen-bond acceptors (Lipinski definition) is 5. The van der Waals surface area contributed by atoms with Crippen LogP contribution in [-0.4, -0.2) is 17.7 Å². The van der Waals surface area contributed by atoms with E-state index < -0.39 is 11.8 Å². The van der Waals surface area contributed by atoms with Crippen molar-refractivity contribution in [2.45, 2.75) is 33.1 Å². The normalized spacial score (nSPS) is 15.2. The number of primary amides is 1. The first-order chi connectivity index (χ1) is 14.8. The molecular weight excluding hydrogens is 414 g/mol. The summed E-state index contributed by atoms with van der Waals surface area (Å²) in [5.74, 6) is -0.589. The molecule has 1 aromatic carbocycles. The van der Waals surface area contributed by atoms with Crippen LogP contribution in [-0.2, 0) is 12.8 Å². The van der Waals surface area contributed by atoms with Crippen molar-refractivity contribution >= 4 is 39.7 Å². The third-order valence-corrected chi connectivity index (χ3v) is 6.65. The second-order valence-electron chi connectivity index (χ2n) is 7.84. The van der Waals surface area contributed by atoms with E-state index >= 15 is 0 Å². The number of benzene rings is 1. The van der Waals surface area contributed by atoms with E-state index in [2.05, 4.69) is 17.6 Å². The summed E-state index contributed by atoms with van der Waals surface area (Å²) in [6.07, 6.45) is 4.08. The predicted octanol–water partition coefficient (Wildman–Crippen LogP) is 4.38.